The fraction of sp³-hybridized carbons (Fsp3) is 0.500. The number of nitrogens with zero attached hydrogens (tertiary/aromatic N) is 1. The standard InChI is InChI=1S/C16H18ClNO4/c17-8-4-7-16(15(20)21)9-12-10-22-13(18(12)14(16)19)11-5-2-1-3-6-11/h1-3,5-6,12-13H,4,7-10H2,(H,20,21)/t12-,13+,16?/m0/s1. The lowest BCUT2D eigenvalue weighted by atomic mass is 9.80. The molecule has 118 valence electrons. The molecule has 2 aliphatic heterocycles. The number of halogens is 1. The van der Waals surface area contributed by atoms with Gasteiger partial charge in [0, 0.05) is 11.4 Å². The summed E-state index contributed by atoms with van der Waals surface area (Å²) in [6.07, 6.45) is 0.591. The first kappa shape index (κ1) is 15.3. The molecule has 3 atom stereocenters. The predicted octanol–water partition coefficient (Wildman–Crippen LogP) is 2.41. The zero-order valence-electron chi connectivity index (χ0n) is 12.1. The molecule has 1 aromatic carbocycles. The second-order valence-corrected chi connectivity index (χ2v) is 6.22. The van der Waals surface area contributed by atoms with Gasteiger partial charge in [-0.05, 0) is 19.3 Å². The minimum atomic E-state index is -1.35. The van der Waals surface area contributed by atoms with Gasteiger partial charge in [-0.1, -0.05) is 30.3 Å². The minimum absolute atomic E-state index is 0.177. The van der Waals surface area contributed by atoms with Crippen molar-refractivity contribution in [2.75, 3.05) is 12.5 Å². The highest BCUT2D eigenvalue weighted by Gasteiger charge is 2.60. The van der Waals surface area contributed by atoms with Crippen LogP contribution in [0.1, 0.15) is 31.1 Å². The number of ether oxygens (including phenoxy) is 1. The van der Waals surface area contributed by atoms with Crippen LogP contribution in [0.5, 0.6) is 0 Å². The number of carboxylic acids is 1. The molecule has 0 bridgehead atoms. The van der Waals surface area contributed by atoms with Gasteiger partial charge >= 0.3 is 5.97 Å². The molecular formula is C16H18ClNO4. The summed E-state index contributed by atoms with van der Waals surface area (Å²) in [5.74, 6) is -1.05. The van der Waals surface area contributed by atoms with Crippen molar-refractivity contribution in [3.63, 3.8) is 0 Å². The predicted molar refractivity (Wildman–Crippen MR) is 80.4 cm³/mol. The fourth-order valence-electron chi connectivity index (χ4n) is 3.46. The van der Waals surface area contributed by atoms with Crippen LogP contribution in [-0.2, 0) is 14.3 Å². The van der Waals surface area contributed by atoms with Gasteiger partial charge in [-0.25, -0.2) is 0 Å². The molecular weight excluding hydrogens is 306 g/mol. The SMILES string of the molecule is O=C(O)C1(CCCCl)C[C@H]2CO[C@H](c3ccccc3)N2C1=O. The molecule has 2 heterocycles. The van der Waals surface area contributed by atoms with Crippen molar-refractivity contribution < 1.29 is 19.4 Å². The second-order valence-electron chi connectivity index (χ2n) is 5.85. The van der Waals surface area contributed by atoms with Crippen LogP contribution < -0.4 is 0 Å². The first-order chi connectivity index (χ1) is 10.6. The fourth-order valence-corrected chi connectivity index (χ4v) is 3.59. The number of benzene rings is 1. The molecule has 2 fully saturated rings. The van der Waals surface area contributed by atoms with Crippen LogP contribution in [0.25, 0.3) is 0 Å². The Morgan fingerprint density at radius 1 is 1.41 bits per heavy atom. The minimum Gasteiger partial charge on any atom is -0.480 e. The number of amides is 1. The molecule has 1 unspecified atom stereocenters. The van der Waals surface area contributed by atoms with E-state index in [2.05, 4.69) is 0 Å². The van der Waals surface area contributed by atoms with Crippen molar-refractivity contribution >= 4 is 23.5 Å². The number of hydrogen-bond donors (Lipinski definition) is 1. The Morgan fingerprint density at radius 3 is 2.77 bits per heavy atom. The topological polar surface area (TPSA) is 66.8 Å². The van der Waals surface area contributed by atoms with Gasteiger partial charge in [0.05, 0.1) is 12.6 Å². The third-order valence-electron chi connectivity index (χ3n) is 4.55. The van der Waals surface area contributed by atoms with Crippen LogP contribution >= 0.6 is 11.6 Å². The van der Waals surface area contributed by atoms with Gasteiger partial charge in [0.2, 0.25) is 5.91 Å². The molecule has 3 rings (SSSR count). The van der Waals surface area contributed by atoms with E-state index in [4.69, 9.17) is 16.3 Å². The Hall–Kier alpha value is -1.59. The average Bonchev–Trinajstić information content (AvgIpc) is 3.05. The van der Waals surface area contributed by atoms with Gasteiger partial charge in [-0.15, -0.1) is 11.6 Å². The summed E-state index contributed by atoms with van der Waals surface area (Å²) in [5.41, 5.74) is -0.479. The number of carbonyl (C=O) groups is 2. The summed E-state index contributed by atoms with van der Waals surface area (Å²) in [4.78, 5) is 26.3. The summed E-state index contributed by atoms with van der Waals surface area (Å²) >= 11 is 5.70. The molecule has 22 heavy (non-hydrogen) atoms. The maximum Gasteiger partial charge on any atom is 0.319 e. The number of aliphatic carboxylic acids is 1. The Kier molecular flexibility index (Phi) is 4.10. The number of rotatable bonds is 5. The molecule has 6 heteroatoms. The van der Waals surface area contributed by atoms with Crippen molar-refractivity contribution in [3.8, 4) is 0 Å². The first-order valence-corrected chi connectivity index (χ1v) is 7.92. The Balaban J connectivity index is 1.90. The van der Waals surface area contributed by atoms with Crippen molar-refractivity contribution in [2.24, 2.45) is 5.41 Å². The molecule has 0 radical (unpaired) electrons. The van der Waals surface area contributed by atoms with E-state index < -0.39 is 17.6 Å². The molecule has 2 aliphatic rings. The number of carboxylic acid groups (broad SMARTS) is 1. The molecule has 5 nitrogen and oxygen atoms in total. The van der Waals surface area contributed by atoms with Gasteiger partial charge in [0.1, 0.15) is 5.41 Å². The van der Waals surface area contributed by atoms with E-state index in [1.165, 1.54) is 0 Å². The van der Waals surface area contributed by atoms with Crippen LogP contribution in [0.4, 0.5) is 0 Å². The van der Waals surface area contributed by atoms with E-state index in [0.717, 1.165) is 5.56 Å². The third-order valence-corrected chi connectivity index (χ3v) is 4.82. The van der Waals surface area contributed by atoms with E-state index in [9.17, 15) is 14.7 Å². The molecule has 0 saturated carbocycles. The first-order valence-electron chi connectivity index (χ1n) is 7.39. The molecule has 0 aliphatic carbocycles. The normalized spacial score (nSPS) is 30.6. The monoisotopic (exact) mass is 323 g/mol. The largest absolute Gasteiger partial charge is 0.480 e. The van der Waals surface area contributed by atoms with E-state index in [1.54, 1.807) is 4.90 Å². The maximum absolute atomic E-state index is 12.9. The molecule has 0 spiro atoms. The maximum atomic E-state index is 12.9. The highest BCUT2D eigenvalue weighted by molar-refractivity contribution is 6.17. The summed E-state index contributed by atoms with van der Waals surface area (Å²) in [5, 5.41) is 9.64. The van der Waals surface area contributed by atoms with E-state index >= 15 is 0 Å². The van der Waals surface area contributed by atoms with Gasteiger partial charge in [-0.2, -0.15) is 0 Å². The lowest BCUT2D eigenvalue weighted by Crippen LogP contribution is -2.41. The van der Waals surface area contributed by atoms with Gasteiger partial charge in [0.15, 0.2) is 6.23 Å². The van der Waals surface area contributed by atoms with Crippen LogP contribution in [0, 0.1) is 5.41 Å². The summed E-state index contributed by atoms with van der Waals surface area (Å²) < 4.78 is 5.74. The smallest absolute Gasteiger partial charge is 0.319 e. The number of hydrogen-bond acceptors (Lipinski definition) is 3. The van der Waals surface area contributed by atoms with Crippen molar-refractivity contribution in [1.29, 1.82) is 0 Å². The molecule has 1 N–H and O–H groups in total. The van der Waals surface area contributed by atoms with Gasteiger partial charge in [0.25, 0.3) is 0 Å². The highest BCUT2D eigenvalue weighted by Crippen LogP contribution is 2.47. The van der Waals surface area contributed by atoms with Gasteiger partial charge in [-0.3, -0.25) is 9.59 Å². The Labute approximate surface area is 133 Å². The zero-order chi connectivity index (χ0) is 15.7. The van der Waals surface area contributed by atoms with Crippen LogP contribution in [0.2, 0.25) is 0 Å². The lowest BCUT2D eigenvalue weighted by molar-refractivity contribution is -0.159. The second kappa shape index (κ2) is 5.89. The highest BCUT2D eigenvalue weighted by atomic mass is 35.5. The quantitative estimate of drug-likeness (QED) is 0.667. The van der Waals surface area contributed by atoms with E-state index in [-0.39, 0.29) is 18.4 Å². The van der Waals surface area contributed by atoms with E-state index in [1.807, 2.05) is 30.3 Å². The van der Waals surface area contributed by atoms with Crippen LogP contribution in [0.3, 0.4) is 0 Å². The number of carbonyl (C=O) groups excluding carboxylic acids is 1. The Morgan fingerprint density at radius 2 is 2.14 bits per heavy atom. The van der Waals surface area contributed by atoms with E-state index in [0.29, 0.717) is 25.3 Å². The molecule has 1 amide bonds. The Bertz CT molecular complexity index is 579. The van der Waals surface area contributed by atoms with Crippen LogP contribution in [0.15, 0.2) is 30.3 Å². The van der Waals surface area contributed by atoms with Crippen LogP contribution in [-0.4, -0.2) is 40.4 Å². The van der Waals surface area contributed by atoms with Gasteiger partial charge < -0.3 is 14.7 Å². The molecule has 2 saturated heterocycles. The average molecular weight is 324 g/mol. The summed E-state index contributed by atoms with van der Waals surface area (Å²) in [6, 6.07) is 9.25. The number of alkyl halides is 1. The molecule has 1 aromatic rings. The summed E-state index contributed by atoms with van der Waals surface area (Å²) in [7, 11) is 0. The number of fused-ring (bicyclic) bond motifs is 1. The van der Waals surface area contributed by atoms with Crippen molar-refractivity contribution in [1.82, 2.24) is 4.90 Å². The zero-order valence-corrected chi connectivity index (χ0v) is 12.8. The van der Waals surface area contributed by atoms with Crippen molar-refractivity contribution in [2.45, 2.75) is 31.5 Å². The lowest BCUT2D eigenvalue weighted by Gasteiger charge is -2.26. The third kappa shape index (κ3) is 2.29. The molecule has 0 aromatic heterocycles. The van der Waals surface area contributed by atoms with Crippen molar-refractivity contribution in [3.05, 3.63) is 35.9 Å². The summed E-state index contributed by atoms with van der Waals surface area (Å²) in [6.45, 7) is 0.376.